The Kier molecular flexibility index (Phi) is 6.07. The summed E-state index contributed by atoms with van der Waals surface area (Å²) in [6.45, 7) is 8.72. The Balaban J connectivity index is 1.99. The van der Waals surface area contributed by atoms with Crippen molar-refractivity contribution in [2.75, 3.05) is 19.0 Å². The van der Waals surface area contributed by atoms with Crippen LogP contribution in [0.1, 0.15) is 38.3 Å². The van der Waals surface area contributed by atoms with Crippen molar-refractivity contribution >= 4 is 11.6 Å². The van der Waals surface area contributed by atoms with Crippen LogP contribution in [0.3, 0.4) is 0 Å². The summed E-state index contributed by atoms with van der Waals surface area (Å²) in [6, 6.07) is 13.7. The minimum Gasteiger partial charge on any atom is -0.495 e. The second-order valence-corrected chi connectivity index (χ2v) is 7.08. The molecule has 2 aromatic rings. The quantitative estimate of drug-likeness (QED) is 0.828. The molecule has 0 atom stereocenters. The molecule has 4 nitrogen and oxygen atoms in total. The lowest BCUT2D eigenvalue weighted by atomic mass is 9.87. The number of rotatable bonds is 6. The van der Waals surface area contributed by atoms with Gasteiger partial charge in [0.25, 0.3) is 0 Å². The Morgan fingerprint density at radius 1 is 1.08 bits per heavy atom. The van der Waals surface area contributed by atoms with Crippen LogP contribution in [0.15, 0.2) is 42.5 Å². The van der Waals surface area contributed by atoms with E-state index in [1.807, 2.05) is 49.4 Å². The summed E-state index contributed by atoms with van der Waals surface area (Å²) >= 11 is 0. The number of carbonyl (C=O) groups is 1. The average molecular weight is 341 g/mol. The average Bonchev–Trinajstić information content (AvgIpc) is 2.55. The largest absolute Gasteiger partial charge is 0.495 e. The summed E-state index contributed by atoms with van der Waals surface area (Å²) in [6.07, 6.45) is 0.275. The first-order chi connectivity index (χ1) is 11.8. The Morgan fingerprint density at radius 2 is 1.80 bits per heavy atom. The Labute approximate surface area is 150 Å². The SMILES string of the molecule is COc1ccc(C(C)(C)C)cc1NC(=O)CCOc1ccccc1C. The van der Waals surface area contributed by atoms with Crippen molar-refractivity contribution in [3.05, 3.63) is 53.6 Å². The first-order valence-electron chi connectivity index (χ1n) is 8.48. The highest BCUT2D eigenvalue weighted by Gasteiger charge is 2.17. The zero-order chi connectivity index (χ0) is 18.4. The molecule has 0 saturated heterocycles. The van der Waals surface area contributed by atoms with Gasteiger partial charge in [-0.25, -0.2) is 0 Å². The molecule has 134 valence electrons. The fraction of sp³-hybridized carbons (Fsp3) is 0.381. The normalized spacial score (nSPS) is 11.1. The fourth-order valence-electron chi connectivity index (χ4n) is 2.46. The zero-order valence-electron chi connectivity index (χ0n) is 15.7. The van der Waals surface area contributed by atoms with Gasteiger partial charge in [-0.2, -0.15) is 0 Å². The molecule has 0 radical (unpaired) electrons. The number of anilines is 1. The molecular formula is C21H27NO3. The number of ether oxygens (including phenoxy) is 2. The highest BCUT2D eigenvalue weighted by Crippen LogP contribution is 2.31. The molecular weight excluding hydrogens is 314 g/mol. The Bertz CT molecular complexity index is 732. The van der Waals surface area contributed by atoms with Crippen molar-refractivity contribution in [2.45, 2.75) is 39.5 Å². The number of hydrogen-bond acceptors (Lipinski definition) is 3. The fourth-order valence-corrected chi connectivity index (χ4v) is 2.46. The minimum absolute atomic E-state index is 0.000301. The van der Waals surface area contributed by atoms with Crippen molar-refractivity contribution < 1.29 is 14.3 Å². The summed E-state index contributed by atoms with van der Waals surface area (Å²) in [5.41, 5.74) is 2.89. The van der Waals surface area contributed by atoms with Crippen LogP contribution in [0.5, 0.6) is 11.5 Å². The van der Waals surface area contributed by atoms with E-state index in [0.717, 1.165) is 16.9 Å². The third kappa shape index (κ3) is 5.24. The monoisotopic (exact) mass is 341 g/mol. The van der Waals surface area contributed by atoms with E-state index in [1.54, 1.807) is 7.11 Å². The molecule has 0 aliphatic rings. The standard InChI is InChI=1S/C21H27NO3/c1-15-8-6-7-9-18(15)25-13-12-20(23)22-17-14-16(21(2,3)4)10-11-19(17)24-5/h6-11,14H,12-13H2,1-5H3,(H,22,23). The van der Waals surface area contributed by atoms with Crippen LogP contribution in [0, 0.1) is 6.92 Å². The number of methoxy groups -OCH3 is 1. The van der Waals surface area contributed by atoms with Crippen LogP contribution in [-0.4, -0.2) is 19.6 Å². The second-order valence-electron chi connectivity index (χ2n) is 7.08. The highest BCUT2D eigenvalue weighted by atomic mass is 16.5. The number of carbonyl (C=O) groups excluding carboxylic acids is 1. The number of nitrogens with one attached hydrogen (secondary N) is 1. The van der Waals surface area contributed by atoms with Crippen molar-refractivity contribution in [3.8, 4) is 11.5 Å². The molecule has 1 N–H and O–H groups in total. The molecule has 0 aliphatic carbocycles. The van der Waals surface area contributed by atoms with Crippen molar-refractivity contribution in [1.29, 1.82) is 0 Å². The van der Waals surface area contributed by atoms with Gasteiger partial charge in [0, 0.05) is 0 Å². The number of amides is 1. The molecule has 4 heteroatoms. The van der Waals surface area contributed by atoms with Crippen molar-refractivity contribution in [2.24, 2.45) is 0 Å². The summed E-state index contributed by atoms with van der Waals surface area (Å²) < 4.78 is 11.0. The summed E-state index contributed by atoms with van der Waals surface area (Å²) in [4.78, 5) is 12.3. The summed E-state index contributed by atoms with van der Waals surface area (Å²) in [5, 5.41) is 2.93. The smallest absolute Gasteiger partial charge is 0.227 e. The van der Waals surface area contributed by atoms with Gasteiger partial charge in [-0.1, -0.05) is 45.0 Å². The molecule has 0 bridgehead atoms. The maximum Gasteiger partial charge on any atom is 0.227 e. The molecule has 0 saturated carbocycles. The lowest BCUT2D eigenvalue weighted by Crippen LogP contribution is -2.17. The Hall–Kier alpha value is -2.49. The van der Waals surface area contributed by atoms with Gasteiger partial charge in [0.05, 0.1) is 25.8 Å². The van der Waals surface area contributed by atoms with E-state index in [1.165, 1.54) is 0 Å². The maximum absolute atomic E-state index is 12.3. The van der Waals surface area contributed by atoms with Gasteiger partial charge >= 0.3 is 0 Å². The van der Waals surface area contributed by atoms with Crippen LogP contribution in [0.2, 0.25) is 0 Å². The molecule has 1 amide bonds. The molecule has 2 rings (SSSR count). The van der Waals surface area contributed by atoms with Crippen LogP contribution in [-0.2, 0) is 10.2 Å². The second kappa shape index (κ2) is 8.06. The molecule has 0 aromatic heterocycles. The van der Waals surface area contributed by atoms with Gasteiger partial charge < -0.3 is 14.8 Å². The maximum atomic E-state index is 12.3. The predicted octanol–water partition coefficient (Wildman–Crippen LogP) is 4.71. The Morgan fingerprint density at radius 3 is 2.44 bits per heavy atom. The molecule has 2 aromatic carbocycles. The third-order valence-electron chi connectivity index (χ3n) is 4.02. The van der Waals surface area contributed by atoms with E-state index in [4.69, 9.17) is 9.47 Å². The van der Waals surface area contributed by atoms with Gasteiger partial charge in [-0.05, 0) is 41.7 Å². The number of para-hydroxylation sites is 1. The van der Waals surface area contributed by atoms with E-state index >= 15 is 0 Å². The number of hydrogen-bond donors (Lipinski definition) is 1. The van der Waals surface area contributed by atoms with Gasteiger partial charge in [-0.15, -0.1) is 0 Å². The molecule has 0 heterocycles. The van der Waals surface area contributed by atoms with Crippen LogP contribution >= 0.6 is 0 Å². The van der Waals surface area contributed by atoms with Gasteiger partial charge in [0.15, 0.2) is 0 Å². The van der Waals surface area contributed by atoms with Crippen LogP contribution in [0.4, 0.5) is 5.69 Å². The van der Waals surface area contributed by atoms with E-state index in [-0.39, 0.29) is 17.7 Å². The van der Waals surface area contributed by atoms with E-state index in [2.05, 4.69) is 26.1 Å². The molecule has 0 spiro atoms. The number of aryl methyl sites for hydroxylation is 1. The zero-order valence-corrected chi connectivity index (χ0v) is 15.7. The number of benzene rings is 2. The van der Waals surface area contributed by atoms with Gasteiger partial charge in [0.1, 0.15) is 11.5 Å². The topological polar surface area (TPSA) is 47.6 Å². The van der Waals surface area contributed by atoms with Crippen molar-refractivity contribution in [1.82, 2.24) is 0 Å². The lowest BCUT2D eigenvalue weighted by molar-refractivity contribution is -0.116. The lowest BCUT2D eigenvalue weighted by Gasteiger charge is -2.21. The van der Waals surface area contributed by atoms with Crippen LogP contribution in [0.25, 0.3) is 0 Å². The van der Waals surface area contributed by atoms with Crippen molar-refractivity contribution in [3.63, 3.8) is 0 Å². The summed E-state index contributed by atoms with van der Waals surface area (Å²) in [7, 11) is 1.60. The van der Waals surface area contributed by atoms with E-state index in [0.29, 0.717) is 18.0 Å². The van der Waals surface area contributed by atoms with Crippen LogP contribution < -0.4 is 14.8 Å². The predicted molar refractivity (Wildman–Crippen MR) is 102 cm³/mol. The molecule has 0 unspecified atom stereocenters. The van der Waals surface area contributed by atoms with Gasteiger partial charge in [0.2, 0.25) is 5.91 Å². The first-order valence-corrected chi connectivity index (χ1v) is 8.48. The van der Waals surface area contributed by atoms with E-state index < -0.39 is 0 Å². The van der Waals surface area contributed by atoms with E-state index in [9.17, 15) is 4.79 Å². The summed E-state index contributed by atoms with van der Waals surface area (Å²) in [5.74, 6) is 1.36. The third-order valence-corrected chi connectivity index (χ3v) is 4.02. The first kappa shape index (κ1) is 18.8. The highest BCUT2D eigenvalue weighted by molar-refractivity contribution is 5.92. The molecule has 0 fully saturated rings. The minimum atomic E-state index is -0.0991. The van der Waals surface area contributed by atoms with Gasteiger partial charge in [-0.3, -0.25) is 4.79 Å². The molecule has 25 heavy (non-hydrogen) atoms. The molecule has 0 aliphatic heterocycles.